The number of aliphatic hydroxyl groups is 2. The fourth-order valence-corrected chi connectivity index (χ4v) is 4.36. The Morgan fingerprint density at radius 2 is 2.10 bits per heavy atom. The number of rotatable bonds is 11. The monoisotopic (exact) mass is 438 g/mol. The van der Waals surface area contributed by atoms with Crippen molar-refractivity contribution >= 4 is 5.97 Å². The van der Waals surface area contributed by atoms with Crippen LogP contribution in [0, 0.1) is 17.8 Å². The number of hydrogen-bond donors (Lipinski definition) is 2. The van der Waals surface area contributed by atoms with Gasteiger partial charge >= 0.3 is 35.5 Å². The van der Waals surface area contributed by atoms with Gasteiger partial charge < -0.3 is 24.9 Å². The summed E-state index contributed by atoms with van der Waals surface area (Å²) in [5.74, 6) is -6.55. The van der Waals surface area contributed by atoms with Crippen LogP contribution in [-0.4, -0.2) is 40.4 Å². The Labute approximate surface area is 199 Å². The maximum absolute atomic E-state index is 14.9. The predicted molar refractivity (Wildman–Crippen MR) is 103 cm³/mol. The van der Waals surface area contributed by atoms with E-state index in [0.717, 1.165) is 19.3 Å². The molecule has 0 amide bonds. The van der Waals surface area contributed by atoms with Crippen molar-refractivity contribution in [2.75, 3.05) is 0 Å². The van der Waals surface area contributed by atoms with E-state index in [1.165, 1.54) is 18.2 Å². The molecule has 0 radical (unpaired) electrons. The van der Waals surface area contributed by atoms with E-state index in [0.29, 0.717) is 12.3 Å². The fraction of sp³-hybridized carbons (Fsp3) is 0.773. The minimum absolute atomic E-state index is 0. The molecule has 2 N–H and O–H groups in total. The zero-order valence-electron chi connectivity index (χ0n) is 18.2. The van der Waals surface area contributed by atoms with Crippen molar-refractivity contribution in [3.63, 3.8) is 0 Å². The summed E-state index contributed by atoms with van der Waals surface area (Å²) < 4.78 is 35.3. The molecule has 6 atom stereocenters. The summed E-state index contributed by atoms with van der Waals surface area (Å²) in [5, 5.41) is 30.9. The van der Waals surface area contributed by atoms with Crippen molar-refractivity contribution < 1.29 is 63.2 Å². The molecule has 1 saturated carbocycles. The van der Waals surface area contributed by atoms with E-state index < -0.39 is 47.8 Å². The van der Waals surface area contributed by atoms with Gasteiger partial charge in [0, 0.05) is 18.3 Å². The molecule has 0 aromatic carbocycles. The number of hydrogen-bond acceptors (Lipinski definition) is 5. The van der Waals surface area contributed by atoms with Crippen LogP contribution in [0.1, 0.15) is 65.2 Å². The summed E-state index contributed by atoms with van der Waals surface area (Å²) in [6.45, 7) is 4.17. The van der Waals surface area contributed by atoms with Crippen LogP contribution in [0.3, 0.4) is 0 Å². The molecule has 8 heteroatoms. The first-order valence-corrected chi connectivity index (χ1v) is 10.7. The normalized spacial score (nSPS) is 30.7. The number of carbonyl (C=O) groups excluding carboxylic acids is 1. The zero-order chi connectivity index (χ0) is 21.6. The quantitative estimate of drug-likeness (QED) is 0.268. The van der Waals surface area contributed by atoms with Crippen LogP contribution in [0.5, 0.6) is 0 Å². The Hall–Kier alpha value is -0.470. The van der Waals surface area contributed by atoms with Crippen molar-refractivity contribution in [3.05, 3.63) is 24.0 Å². The molecule has 2 rings (SSSR count). The molecule has 0 aromatic rings. The fourth-order valence-electron chi connectivity index (χ4n) is 4.36. The summed E-state index contributed by atoms with van der Waals surface area (Å²) in [6, 6.07) is 0. The SMILES string of the molecule is CCCC[C@H](C)C[C@H](O)/C=C/[C@@H]1[C@@H]2[C@H](C[C@H]1O)O/C(=C\CCCC(=O)[O-])C2(F)F.[Na+]. The van der Waals surface area contributed by atoms with E-state index in [-0.39, 0.29) is 55.2 Å². The summed E-state index contributed by atoms with van der Waals surface area (Å²) in [7, 11) is 0. The second-order valence-corrected chi connectivity index (χ2v) is 8.45. The molecule has 0 unspecified atom stereocenters. The number of halogens is 2. The Balaban J connectivity index is 0.00000450. The van der Waals surface area contributed by atoms with E-state index >= 15 is 0 Å². The van der Waals surface area contributed by atoms with E-state index in [4.69, 9.17) is 4.74 Å². The first kappa shape index (κ1) is 27.6. The van der Waals surface area contributed by atoms with Gasteiger partial charge in [0.05, 0.1) is 18.1 Å². The topological polar surface area (TPSA) is 89.8 Å². The first-order valence-electron chi connectivity index (χ1n) is 10.7. The van der Waals surface area contributed by atoms with Crippen LogP contribution in [0.4, 0.5) is 8.78 Å². The number of carbonyl (C=O) groups is 1. The minimum atomic E-state index is -3.24. The average molecular weight is 438 g/mol. The molecule has 1 aliphatic heterocycles. The van der Waals surface area contributed by atoms with Crippen molar-refractivity contribution in [2.24, 2.45) is 17.8 Å². The largest absolute Gasteiger partial charge is 1.00 e. The van der Waals surface area contributed by atoms with Gasteiger partial charge in [-0.1, -0.05) is 45.3 Å². The Morgan fingerprint density at radius 1 is 1.40 bits per heavy atom. The number of carboxylic acid groups (broad SMARTS) is 1. The number of aliphatic hydroxyl groups excluding tert-OH is 2. The Bertz CT molecular complexity index is 610. The number of carboxylic acids is 1. The number of alkyl halides is 2. The van der Waals surface area contributed by atoms with E-state index in [1.807, 2.05) is 0 Å². The van der Waals surface area contributed by atoms with Gasteiger partial charge in [-0.2, -0.15) is 8.78 Å². The number of allylic oxidation sites excluding steroid dienone is 2. The van der Waals surface area contributed by atoms with Gasteiger partial charge in [0.1, 0.15) is 6.10 Å². The number of aliphatic carboxylic acids is 1. The third-order valence-electron chi connectivity index (χ3n) is 5.92. The summed E-state index contributed by atoms with van der Waals surface area (Å²) in [5.41, 5.74) is 0. The number of unbranched alkanes of at least 4 members (excludes halogenated alkanes) is 2. The van der Waals surface area contributed by atoms with Gasteiger partial charge in [0.15, 0.2) is 5.76 Å². The predicted octanol–water partition coefficient (Wildman–Crippen LogP) is -0.0409. The smallest absolute Gasteiger partial charge is 0.550 e. The molecular formula is C22H33F2NaO5. The second kappa shape index (κ2) is 12.5. The molecule has 2 fully saturated rings. The molecule has 1 aliphatic carbocycles. The van der Waals surface area contributed by atoms with Crippen LogP contribution in [-0.2, 0) is 9.53 Å². The third kappa shape index (κ3) is 7.30. The zero-order valence-corrected chi connectivity index (χ0v) is 20.2. The Morgan fingerprint density at radius 3 is 2.73 bits per heavy atom. The number of fused-ring (bicyclic) bond motifs is 1. The molecule has 2 aliphatic rings. The van der Waals surface area contributed by atoms with E-state index in [2.05, 4.69) is 13.8 Å². The van der Waals surface area contributed by atoms with Crippen molar-refractivity contribution in [1.82, 2.24) is 0 Å². The molecular weight excluding hydrogens is 405 g/mol. The van der Waals surface area contributed by atoms with E-state index in [9.17, 15) is 28.9 Å². The summed E-state index contributed by atoms with van der Waals surface area (Å²) in [6.07, 6.45) is 5.84. The van der Waals surface area contributed by atoms with Crippen molar-refractivity contribution in [3.8, 4) is 0 Å². The second-order valence-electron chi connectivity index (χ2n) is 8.45. The number of ether oxygens (including phenoxy) is 1. The van der Waals surface area contributed by atoms with Crippen LogP contribution < -0.4 is 34.7 Å². The van der Waals surface area contributed by atoms with Crippen LogP contribution >= 0.6 is 0 Å². The van der Waals surface area contributed by atoms with Crippen LogP contribution in [0.15, 0.2) is 24.0 Å². The molecule has 0 aromatic heterocycles. The standard InChI is InChI=1S/C22H34F2O5.Na/c1-3-4-7-14(2)12-15(25)10-11-16-17(26)13-18-21(16)22(23,24)19(29-18)8-5-6-9-20(27)28;/h8,10-11,14-18,21,25-26H,3-7,9,12-13H2,1-2H3,(H,27,28);/q;+1/p-1/b11-10+,19-8-;/t14-,15+,16-,17+,18-,21+;/m0./s1. The molecule has 1 saturated heterocycles. The van der Waals surface area contributed by atoms with Gasteiger partial charge in [0.25, 0.3) is 0 Å². The maximum atomic E-state index is 14.9. The first-order chi connectivity index (χ1) is 13.7. The molecule has 1 heterocycles. The molecule has 0 bridgehead atoms. The maximum Gasteiger partial charge on any atom is 1.00 e. The third-order valence-corrected chi connectivity index (χ3v) is 5.92. The van der Waals surface area contributed by atoms with Crippen LogP contribution in [0.25, 0.3) is 0 Å². The van der Waals surface area contributed by atoms with Gasteiger partial charge in [0.2, 0.25) is 0 Å². The molecule has 30 heavy (non-hydrogen) atoms. The van der Waals surface area contributed by atoms with Gasteiger partial charge in [-0.3, -0.25) is 0 Å². The minimum Gasteiger partial charge on any atom is -0.550 e. The molecule has 5 nitrogen and oxygen atoms in total. The molecule has 0 spiro atoms. The van der Waals surface area contributed by atoms with Crippen molar-refractivity contribution in [1.29, 1.82) is 0 Å². The molecule has 166 valence electrons. The Kier molecular flexibility index (Phi) is 11.5. The van der Waals surface area contributed by atoms with Crippen LogP contribution in [0.2, 0.25) is 0 Å². The van der Waals surface area contributed by atoms with Gasteiger partial charge in [-0.05, 0) is 37.7 Å². The van der Waals surface area contributed by atoms with Gasteiger partial charge in [-0.25, -0.2) is 0 Å². The summed E-state index contributed by atoms with van der Waals surface area (Å²) >= 11 is 0. The van der Waals surface area contributed by atoms with Crippen molar-refractivity contribution in [2.45, 2.75) is 89.4 Å². The van der Waals surface area contributed by atoms with E-state index in [1.54, 1.807) is 0 Å². The average Bonchev–Trinajstić information content (AvgIpc) is 3.07. The summed E-state index contributed by atoms with van der Waals surface area (Å²) in [4.78, 5) is 10.4. The van der Waals surface area contributed by atoms with Gasteiger partial charge in [-0.15, -0.1) is 0 Å².